The predicted octanol–water partition coefficient (Wildman–Crippen LogP) is -0.831. The second-order valence-corrected chi connectivity index (χ2v) is 10.3. The summed E-state index contributed by atoms with van der Waals surface area (Å²) < 4.78 is 60.2. The lowest BCUT2D eigenvalue weighted by Crippen LogP contribution is -2.67. The summed E-state index contributed by atoms with van der Waals surface area (Å²) in [6, 6.07) is 0. The fourth-order valence-electron chi connectivity index (χ4n) is 4.73. The number of ether oxygens (including phenoxy) is 11. The number of carbonyl (C=O) groups excluding carboxylic acids is 8. The highest BCUT2D eigenvalue weighted by Gasteiger charge is 2.58. The molecule has 2 aliphatic rings. The van der Waals surface area contributed by atoms with Gasteiger partial charge in [0.1, 0.15) is 31.5 Å². The Hall–Kier alpha value is -4.36. The van der Waals surface area contributed by atoms with Crippen LogP contribution in [0.2, 0.25) is 0 Å². The lowest BCUT2D eigenvalue weighted by molar-refractivity contribution is -0.357. The Morgan fingerprint density at radius 1 is 0.383 bits per heavy atom. The summed E-state index contributed by atoms with van der Waals surface area (Å²) in [5.41, 5.74) is 0. The van der Waals surface area contributed by atoms with Crippen LogP contribution < -0.4 is 0 Å². The van der Waals surface area contributed by atoms with Gasteiger partial charge in [-0.05, 0) is 0 Å². The predicted molar refractivity (Wildman–Crippen MR) is 145 cm³/mol. The molecule has 2 aliphatic heterocycles. The molecule has 0 N–H and O–H groups in total. The third-order valence-corrected chi connectivity index (χ3v) is 6.17. The summed E-state index contributed by atoms with van der Waals surface area (Å²) in [5.74, 6) is -7.02. The molecule has 0 amide bonds. The summed E-state index contributed by atoms with van der Waals surface area (Å²) in [4.78, 5) is 96.3. The van der Waals surface area contributed by atoms with E-state index in [0.29, 0.717) is 0 Å². The number of carbonyl (C=O) groups is 8. The molecule has 10 atom stereocenters. The fraction of sp³-hybridized carbons (Fsp3) is 0.714. The molecule has 19 nitrogen and oxygen atoms in total. The number of esters is 8. The second-order valence-electron chi connectivity index (χ2n) is 10.3. The summed E-state index contributed by atoms with van der Waals surface area (Å²) >= 11 is 0. The van der Waals surface area contributed by atoms with E-state index in [4.69, 9.17) is 52.1 Å². The zero-order valence-electron chi connectivity index (χ0n) is 26.9. The van der Waals surface area contributed by atoms with E-state index in [1.54, 1.807) is 0 Å². The first-order valence-electron chi connectivity index (χ1n) is 14.2. The number of hydrogen-bond acceptors (Lipinski definition) is 19. The lowest BCUT2D eigenvalue weighted by atomic mass is 9.96. The molecule has 19 heteroatoms. The van der Waals surface area contributed by atoms with E-state index in [9.17, 15) is 38.4 Å². The summed E-state index contributed by atoms with van der Waals surface area (Å²) in [6.07, 6.45) is -16.3. The molecule has 2 rings (SSSR count). The van der Waals surface area contributed by atoms with Gasteiger partial charge in [0.25, 0.3) is 0 Å². The summed E-state index contributed by atoms with van der Waals surface area (Å²) in [7, 11) is 0. The van der Waals surface area contributed by atoms with Gasteiger partial charge in [-0.2, -0.15) is 0 Å². The van der Waals surface area contributed by atoms with Crippen LogP contribution >= 0.6 is 0 Å². The Bertz CT molecular complexity index is 1200. The fourth-order valence-corrected chi connectivity index (χ4v) is 4.73. The molecule has 2 heterocycles. The first-order valence-corrected chi connectivity index (χ1v) is 14.2. The van der Waals surface area contributed by atoms with Crippen molar-refractivity contribution in [3.63, 3.8) is 0 Å². The van der Waals surface area contributed by atoms with Crippen molar-refractivity contribution in [2.75, 3.05) is 13.2 Å². The average molecular weight is 679 g/mol. The van der Waals surface area contributed by atoms with E-state index < -0.39 is 122 Å². The lowest BCUT2D eigenvalue weighted by Gasteiger charge is -2.48. The van der Waals surface area contributed by atoms with Gasteiger partial charge in [0.2, 0.25) is 12.4 Å². The highest BCUT2D eigenvalue weighted by molar-refractivity contribution is 5.70. The standard InChI is InChI=1S/C28H38O19/c1-11(29)37-9-19-21(39-13(3)31)23(40-14(4)32)26(43-17(7)35)28(46-19)47-22-20(10-38-12(2)30)45-27(44-18(8)36)25(42-16(6)34)24(22)41-15(5)33/h19-28H,9-10H2,1-8H3/t19?,20?,21-,22-,23+,24+,25?,26?,27+,28+/m1/s1. The largest absolute Gasteiger partial charge is 0.463 e. The van der Waals surface area contributed by atoms with Crippen molar-refractivity contribution in [3.05, 3.63) is 0 Å². The zero-order valence-corrected chi connectivity index (χ0v) is 26.9. The van der Waals surface area contributed by atoms with Crippen LogP contribution in [0.4, 0.5) is 0 Å². The van der Waals surface area contributed by atoms with E-state index in [-0.39, 0.29) is 0 Å². The van der Waals surface area contributed by atoms with Gasteiger partial charge >= 0.3 is 47.8 Å². The Morgan fingerprint density at radius 2 is 0.702 bits per heavy atom. The molecule has 2 fully saturated rings. The van der Waals surface area contributed by atoms with Crippen LogP contribution in [-0.2, 0) is 90.5 Å². The number of rotatable bonds is 12. The van der Waals surface area contributed by atoms with Gasteiger partial charge in [0.05, 0.1) is 0 Å². The van der Waals surface area contributed by atoms with E-state index >= 15 is 0 Å². The molecule has 0 spiro atoms. The van der Waals surface area contributed by atoms with Crippen LogP contribution in [0.3, 0.4) is 0 Å². The van der Waals surface area contributed by atoms with Crippen molar-refractivity contribution in [3.8, 4) is 0 Å². The quantitative estimate of drug-likeness (QED) is 0.181. The SMILES string of the molecule is CC(=O)OCC1O[C@@H](O[C@@H]2C(COC(C)=O)O[C@H](OC(C)=O)C(OC(C)=O)[C@H]2OC(C)=O)C(OC(C)=O)[C@@H](OC(C)=O)[C@@H]1OC(C)=O. The van der Waals surface area contributed by atoms with Crippen molar-refractivity contribution in [2.24, 2.45) is 0 Å². The van der Waals surface area contributed by atoms with Crippen LogP contribution in [0.1, 0.15) is 55.4 Å². The third kappa shape index (κ3) is 12.1. The molecule has 47 heavy (non-hydrogen) atoms. The van der Waals surface area contributed by atoms with Gasteiger partial charge in [0.15, 0.2) is 30.7 Å². The molecule has 0 aromatic carbocycles. The van der Waals surface area contributed by atoms with E-state index in [0.717, 1.165) is 55.4 Å². The minimum Gasteiger partial charge on any atom is -0.463 e. The van der Waals surface area contributed by atoms with Gasteiger partial charge in [-0.25, -0.2) is 0 Å². The molecule has 0 saturated carbocycles. The van der Waals surface area contributed by atoms with Crippen molar-refractivity contribution in [1.29, 1.82) is 0 Å². The Balaban J connectivity index is 2.73. The molecular formula is C28H38O19. The molecule has 2 saturated heterocycles. The maximum atomic E-state index is 12.3. The van der Waals surface area contributed by atoms with Gasteiger partial charge in [-0.1, -0.05) is 0 Å². The second kappa shape index (κ2) is 17.5. The minimum atomic E-state index is -1.83. The van der Waals surface area contributed by atoms with Crippen molar-refractivity contribution in [2.45, 2.75) is 117 Å². The Kier molecular flexibility index (Phi) is 14.5. The molecular weight excluding hydrogens is 640 g/mol. The third-order valence-electron chi connectivity index (χ3n) is 6.17. The molecule has 0 aromatic heterocycles. The van der Waals surface area contributed by atoms with Gasteiger partial charge in [0, 0.05) is 55.4 Å². The Morgan fingerprint density at radius 3 is 1.11 bits per heavy atom. The highest BCUT2D eigenvalue weighted by Crippen LogP contribution is 2.35. The zero-order chi connectivity index (χ0) is 35.6. The normalized spacial score (nSPS) is 30.0. The topological polar surface area (TPSA) is 238 Å². The van der Waals surface area contributed by atoms with Crippen molar-refractivity contribution in [1.82, 2.24) is 0 Å². The minimum absolute atomic E-state index is 0.590. The molecule has 0 bridgehead atoms. The van der Waals surface area contributed by atoms with Gasteiger partial charge in [-0.15, -0.1) is 0 Å². The molecule has 0 radical (unpaired) electrons. The monoisotopic (exact) mass is 678 g/mol. The van der Waals surface area contributed by atoms with Crippen LogP contribution in [0.5, 0.6) is 0 Å². The first kappa shape index (κ1) is 38.8. The van der Waals surface area contributed by atoms with E-state index in [2.05, 4.69) is 0 Å². The van der Waals surface area contributed by atoms with Gasteiger partial charge < -0.3 is 52.1 Å². The van der Waals surface area contributed by atoms with Gasteiger partial charge in [-0.3, -0.25) is 38.4 Å². The van der Waals surface area contributed by atoms with Crippen molar-refractivity contribution < 1.29 is 90.5 Å². The average Bonchev–Trinajstić information content (AvgIpc) is 2.91. The van der Waals surface area contributed by atoms with E-state index in [1.807, 2.05) is 0 Å². The van der Waals surface area contributed by atoms with Crippen LogP contribution in [0.25, 0.3) is 0 Å². The van der Waals surface area contributed by atoms with Crippen molar-refractivity contribution >= 4 is 47.8 Å². The smallest absolute Gasteiger partial charge is 0.305 e. The maximum absolute atomic E-state index is 12.3. The maximum Gasteiger partial charge on any atom is 0.305 e. The Labute approximate surface area is 268 Å². The summed E-state index contributed by atoms with van der Waals surface area (Å²) in [5, 5.41) is 0. The molecule has 0 aromatic rings. The molecule has 4 unspecified atom stereocenters. The molecule has 264 valence electrons. The van der Waals surface area contributed by atoms with Crippen LogP contribution in [0.15, 0.2) is 0 Å². The van der Waals surface area contributed by atoms with Crippen LogP contribution in [-0.4, -0.2) is 122 Å². The first-order chi connectivity index (χ1) is 21.9. The summed E-state index contributed by atoms with van der Waals surface area (Å²) in [6.45, 7) is 7.05. The molecule has 0 aliphatic carbocycles. The van der Waals surface area contributed by atoms with E-state index in [1.165, 1.54) is 0 Å². The highest BCUT2D eigenvalue weighted by atomic mass is 16.8. The van der Waals surface area contributed by atoms with Crippen LogP contribution in [0, 0.1) is 0 Å². The number of hydrogen-bond donors (Lipinski definition) is 0.